The zero-order valence-electron chi connectivity index (χ0n) is 12.3. The number of carbonyl (C=O) groups is 1. The molecular formula is C14H20ClN3O3S. The molecule has 122 valence electrons. The van der Waals surface area contributed by atoms with E-state index in [1.54, 1.807) is 6.20 Å². The van der Waals surface area contributed by atoms with Gasteiger partial charge in [0.2, 0.25) is 5.91 Å². The van der Waals surface area contributed by atoms with Gasteiger partial charge in [-0.1, -0.05) is 24.4 Å². The van der Waals surface area contributed by atoms with Gasteiger partial charge in [0.1, 0.15) is 6.54 Å². The predicted molar refractivity (Wildman–Crippen MR) is 83.4 cm³/mol. The second-order valence-electron chi connectivity index (χ2n) is 6.15. The number of hydrogen-bond donors (Lipinski definition) is 0. The number of sulfone groups is 1. The third-order valence-corrected chi connectivity index (χ3v) is 6.45. The highest BCUT2D eigenvalue weighted by atomic mass is 35.5. The summed E-state index contributed by atoms with van der Waals surface area (Å²) in [5.41, 5.74) is 0. The summed E-state index contributed by atoms with van der Waals surface area (Å²) < 4.78 is 25.1. The van der Waals surface area contributed by atoms with Crippen molar-refractivity contribution in [3.63, 3.8) is 0 Å². The van der Waals surface area contributed by atoms with Crippen molar-refractivity contribution in [1.82, 2.24) is 14.7 Å². The Morgan fingerprint density at radius 2 is 2.05 bits per heavy atom. The summed E-state index contributed by atoms with van der Waals surface area (Å²) in [5, 5.41) is 4.53. The molecule has 1 saturated carbocycles. The van der Waals surface area contributed by atoms with Crippen molar-refractivity contribution in [1.29, 1.82) is 0 Å². The molecule has 1 aromatic heterocycles. The third kappa shape index (κ3) is 3.46. The SMILES string of the molecule is O=C(Cn1cc(Cl)cn1)N(C1CCCC1)[C@H]1CCS(=O)(=O)C1. The molecule has 0 bridgehead atoms. The van der Waals surface area contributed by atoms with E-state index in [9.17, 15) is 13.2 Å². The van der Waals surface area contributed by atoms with Crippen LogP contribution in [0.25, 0.3) is 0 Å². The smallest absolute Gasteiger partial charge is 0.244 e. The molecule has 6 nitrogen and oxygen atoms in total. The number of hydrogen-bond acceptors (Lipinski definition) is 4. The molecule has 8 heteroatoms. The van der Waals surface area contributed by atoms with Crippen molar-refractivity contribution in [3.05, 3.63) is 17.4 Å². The third-order valence-electron chi connectivity index (χ3n) is 4.51. The van der Waals surface area contributed by atoms with Gasteiger partial charge in [-0.15, -0.1) is 0 Å². The molecule has 2 aliphatic rings. The number of amides is 1. The van der Waals surface area contributed by atoms with Crippen LogP contribution in [0.15, 0.2) is 12.4 Å². The first kappa shape index (κ1) is 15.8. The summed E-state index contributed by atoms with van der Waals surface area (Å²) in [5.74, 6) is 0.213. The topological polar surface area (TPSA) is 72.3 Å². The molecule has 1 amide bonds. The largest absolute Gasteiger partial charge is 0.334 e. The fraction of sp³-hybridized carbons (Fsp3) is 0.714. The predicted octanol–water partition coefficient (Wildman–Crippen LogP) is 1.49. The molecule has 0 spiro atoms. The Labute approximate surface area is 135 Å². The number of aromatic nitrogens is 2. The van der Waals surface area contributed by atoms with Gasteiger partial charge in [0.25, 0.3) is 0 Å². The first-order valence-corrected chi connectivity index (χ1v) is 9.84. The molecule has 0 unspecified atom stereocenters. The molecule has 1 atom stereocenters. The average Bonchev–Trinajstić information content (AvgIpc) is 3.14. The van der Waals surface area contributed by atoms with Crippen LogP contribution in [-0.4, -0.2) is 52.6 Å². The van der Waals surface area contributed by atoms with E-state index in [1.165, 1.54) is 10.9 Å². The molecule has 2 fully saturated rings. The molecule has 3 rings (SSSR count). The van der Waals surface area contributed by atoms with E-state index in [4.69, 9.17) is 11.6 Å². The lowest BCUT2D eigenvalue weighted by Crippen LogP contribution is -2.48. The quantitative estimate of drug-likeness (QED) is 0.829. The van der Waals surface area contributed by atoms with Crippen LogP contribution >= 0.6 is 11.6 Å². The van der Waals surface area contributed by atoms with Crippen molar-refractivity contribution >= 4 is 27.3 Å². The molecule has 0 aromatic carbocycles. The standard InChI is InChI=1S/C14H20ClN3O3S/c15-11-7-16-17(8-11)9-14(19)18(12-3-1-2-4-12)13-5-6-22(20,21)10-13/h7-8,12-13H,1-6,9-10H2/t13-/m0/s1. The van der Waals surface area contributed by atoms with Crippen molar-refractivity contribution < 1.29 is 13.2 Å². The van der Waals surface area contributed by atoms with Gasteiger partial charge in [-0.2, -0.15) is 5.10 Å². The minimum absolute atomic E-state index is 0.0613. The number of halogens is 1. The van der Waals surface area contributed by atoms with Gasteiger partial charge in [-0.25, -0.2) is 8.42 Å². The molecule has 0 radical (unpaired) electrons. The molecule has 2 heterocycles. The van der Waals surface area contributed by atoms with Gasteiger partial charge in [0.05, 0.1) is 22.7 Å². The Bertz CT molecular complexity index is 652. The Hall–Kier alpha value is -1.08. The molecule has 1 aliphatic heterocycles. The minimum atomic E-state index is -3.01. The van der Waals surface area contributed by atoms with Crippen molar-refractivity contribution in [3.8, 4) is 0 Å². The first-order valence-electron chi connectivity index (χ1n) is 7.64. The second-order valence-corrected chi connectivity index (χ2v) is 8.82. The Kier molecular flexibility index (Phi) is 4.45. The van der Waals surface area contributed by atoms with Gasteiger partial charge in [0, 0.05) is 18.3 Å². The van der Waals surface area contributed by atoms with Crippen LogP contribution in [0.5, 0.6) is 0 Å². The van der Waals surface area contributed by atoms with E-state index in [-0.39, 0.29) is 36.0 Å². The summed E-state index contributed by atoms with van der Waals surface area (Å²) in [4.78, 5) is 14.6. The summed E-state index contributed by atoms with van der Waals surface area (Å²) in [6.45, 7) is 0.111. The monoisotopic (exact) mass is 345 g/mol. The molecule has 0 N–H and O–H groups in total. The van der Waals surface area contributed by atoms with Crippen LogP contribution in [0, 0.1) is 0 Å². The summed E-state index contributed by atoms with van der Waals surface area (Å²) in [6, 6.07) is -0.0246. The van der Waals surface area contributed by atoms with Crippen LogP contribution in [0.1, 0.15) is 32.1 Å². The Morgan fingerprint density at radius 3 is 2.59 bits per heavy atom. The lowest BCUT2D eigenvalue weighted by Gasteiger charge is -2.34. The average molecular weight is 346 g/mol. The lowest BCUT2D eigenvalue weighted by atomic mass is 10.1. The van der Waals surface area contributed by atoms with Crippen LogP contribution in [-0.2, 0) is 21.2 Å². The Morgan fingerprint density at radius 1 is 1.32 bits per heavy atom. The van der Waals surface area contributed by atoms with Gasteiger partial charge < -0.3 is 4.90 Å². The van der Waals surface area contributed by atoms with E-state index >= 15 is 0 Å². The van der Waals surface area contributed by atoms with Crippen LogP contribution < -0.4 is 0 Å². The fourth-order valence-corrected chi connectivity index (χ4v) is 5.40. The number of carbonyl (C=O) groups excluding carboxylic acids is 1. The summed E-state index contributed by atoms with van der Waals surface area (Å²) in [7, 11) is -3.01. The molecule has 1 aliphatic carbocycles. The van der Waals surface area contributed by atoms with Gasteiger partial charge >= 0.3 is 0 Å². The van der Waals surface area contributed by atoms with Crippen molar-refractivity contribution in [2.24, 2.45) is 0 Å². The normalized spacial score (nSPS) is 24.7. The molecule has 1 aromatic rings. The van der Waals surface area contributed by atoms with E-state index in [0.29, 0.717) is 11.4 Å². The van der Waals surface area contributed by atoms with E-state index in [0.717, 1.165) is 25.7 Å². The maximum absolute atomic E-state index is 12.7. The highest BCUT2D eigenvalue weighted by Gasteiger charge is 2.38. The first-order chi connectivity index (χ1) is 10.4. The van der Waals surface area contributed by atoms with Crippen molar-refractivity contribution in [2.75, 3.05) is 11.5 Å². The molecular weight excluding hydrogens is 326 g/mol. The zero-order chi connectivity index (χ0) is 15.7. The van der Waals surface area contributed by atoms with E-state index in [1.807, 2.05) is 4.90 Å². The van der Waals surface area contributed by atoms with Crippen LogP contribution in [0.4, 0.5) is 0 Å². The van der Waals surface area contributed by atoms with Crippen LogP contribution in [0.2, 0.25) is 5.02 Å². The lowest BCUT2D eigenvalue weighted by molar-refractivity contribution is -0.136. The fourth-order valence-electron chi connectivity index (χ4n) is 3.53. The van der Waals surface area contributed by atoms with E-state index in [2.05, 4.69) is 5.10 Å². The van der Waals surface area contributed by atoms with E-state index < -0.39 is 9.84 Å². The zero-order valence-corrected chi connectivity index (χ0v) is 13.9. The highest BCUT2D eigenvalue weighted by Crippen LogP contribution is 2.29. The highest BCUT2D eigenvalue weighted by molar-refractivity contribution is 7.91. The summed E-state index contributed by atoms with van der Waals surface area (Å²) in [6.07, 6.45) is 7.77. The number of nitrogens with zero attached hydrogens (tertiary/aromatic N) is 3. The molecule has 22 heavy (non-hydrogen) atoms. The van der Waals surface area contributed by atoms with Crippen LogP contribution in [0.3, 0.4) is 0 Å². The van der Waals surface area contributed by atoms with Gasteiger partial charge in [-0.3, -0.25) is 9.48 Å². The molecule has 1 saturated heterocycles. The maximum atomic E-state index is 12.7. The Balaban J connectivity index is 1.77. The maximum Gasteiger partial charge on any atom is 0.244 e. The number of rotatable bonds is 4. The van der Waals surface area contributed by atoms with Gasteiger partial charge in [-0.05, 0) is 19.3 Å². The van der Waals surface area contributed by atoms with Gasteiger partial charge in [0.15, 0.2) is 9.84 Å². The van der Waals surface area contributed by atoms with Crippen molar-refractivity contribution in [2.45, 2.75) is 50.7 Å². The second kappa shape index (κ2) is 6.20. The minimum Gasteiger partial charge on any atom is -0.334 e. The summed E-state index contributed by atoms with van der Waals surface area (Å²) >= 11 is 5.83.